The van der Waals surface area contributed by atoms with Crippen molar-refractivity contribution >= 4 is 17.6 Å². The number of rotatable bonds is 4. The minimum absolute atomic E-state index is 0.0715. The van der Waals surface area contributed by atoms with Crippen molar-refractivity contribution < 1.29 is 14.7 Å². The predicted octanol–water partition coefficient (Wildman–Crippen LogP) is 0.456. The molecule has 1 amide bonds. The van der Waals surface area contributed by atoms with E-state index in [1.54, 1.807) is 6.92 Å². The summed E-state index contributed by atoms with van der Waals surface area (Å²) in [4.78, 5) is 25.6. The lowest BCUT2D eigenvalue weighted by molar-refractivity contribution is -0.117. The van der Waals surface area contributed by atoms with Gasteiger partial charge in [-0.2, -0.15) is 0 Å². The van der Waals surface area contributed by atoms with E-state index in [-0.39, 0.29) is 11.6 Å². The molecule has 0 spiro atoms. The summed E-state index contributed by atoms with van der Waals surface area (Å²) in [6.45, 7) is 1.80. The van der Waals surface area contributed by atoms with Crippen LogP contribution in [0, 0.1) is 0 Å². The molecule has 6 nitrogen and oxygen atoms in total. The molecule has 0 aromatic carbocycles. The number of carbonyl (C=O) groups is 2. The molecule has 0 bridgehead atoms. The molecule has 86 valence electrons. The molecule has 0 fully saturated rings. The largest absolute Gasteiger partial charge is 0.477 e. The van der Waals surface area contributed by atoms with E-state index in [4.69, 9.17) is 10.8 Å². The molecule has 6 heteroatoms. The molecule has 16 heavy (non-hydrogen) atoms. The third-order valence-corrected chi connectivity index (χ3v) is 2.03. The second-order valence-electron chi connectivity index (χ2n) is 3.24. The van der Waals surface area contributed by atoms with Gasteiger partial charge in [0.25, 0.3) is 0 Å². The fraction of sp³-hybridized carbons (Fsp3) is 0.300. The number of hydrogen-bond donors (Lipinski definition) is 3. The highest BCUT2D eigenvalue weighted by atomic mass is 16.4. The van der Waals surface area contributed by atoms with E-state index in [0.717, 1.165) is 0 Å². The van der Waals surface area contributed by atoms with Crippen LogP contribution in [0.2, 0.25) is 0 Å². The molecule has 0 aliphatic heterocycles. The van der Waals surface area contributed by atoms with Crippen LogP contribution < -0.4 is 11.1 Å². The molecule has 0 aliphatic rings. The number of aromatic nitrogens is 1. The van der Waals surface area contributed by atoms with Gasteiger partial charge in [-0.15, -0.1) is 0 Å². The summed E-state index contributed by atoms with van der Waals surface area (Å²) in [5.74, 6) is -1.42. The summed E-state index contributed by atoms with van der Waals surface area (Å²) in [7, 11) is 0. The van der Waals surface area contributed by atoms with Crippen molar-refractivity contribution in [3.63, 3.8) is 0 Å². The Kier molecular flexibility index (Phi) is 3.96. The maximum atomic E-state index is 11.4. The zero-order valence-electron chi connectivity index (χ0n) is 8.80. The average molecular weight is 223 g/mol. The Hall–Kier alpha value is -1.95. The molecule has 4 N–H and O–H groups in total. The topological polar surface area (TPSA) is 105 Å². The molecule has 1 heterocycles. The molecule has 0 saturated carbocycles. The van der Waals surface area contributed by atoms with Gasteiger partial charge in [-0.25, -0.2) is 9.78 Å². The summed E-state index contributed by atoms with van der Waals surface area (Å²) in [6.07, 6.45) is 1.82. The lowest BCUT2D eigenvalue weighted by atomic mass is 10.2. The van der Waals surface area contributed by atoms with E-state index in [0.29, 0.717) is 12.1 Å². The van der Waals surface area contributed by atoms with Crippen LogP contribution in [0.3, 0.4) is 0 Å². The molecule has 0 radical (unpaired) electrons. The first-order valence-electron chi connectivity index (χ1n) is 4.80. The Morgan fingerprint density at radius 3 is 2.69 bits per heavy atom. The molecule has 1 aromatic rings. The second-order valence-corrected chi connectivity index (χ2v) is 3.24. The van der Waals surface area contributed by atoms with Gasteiger partial charge in [0.15, 0.2) is 0 Å². The van der Waals surface area contributed by atoms with Crippen molar-refractivity contribution in [3.05, 3.63) is 24.0 Å². The first-order valence-corrected chi connectivity index (χ1v) is 4.80. The van der Waals surface area contributed by atoms with Crippen LogP contribution in [0.1, 0.15) is 23.8 Å². The van der Waals surface area contributed by atoms with Crippen LogP contribution in [0.25, 0.3) is 0 Å². The average Bonchev–Trinajstić information content (AvgIpc) is 2.28. The molecule has 0 aliphatic carbocycles. The van der Waals surface area contributed by atoms with Gasteiger partial charge in [-0.1, -0.05) is 6.92 Å². The summed E-state index contributed by atoms with van der Waals surface area (Å²) < 4.78 is 0. The lowest BCUT2D eigenvalue weighted by Gasteiger charge is -2.09. The van der Waals surface area contributed by atoms with Gasteiger partial charge in [0.1, 0.15) is 5.69 Å². The Morgan fingerprint density at radius 1 is 1.56 bits per heavy atom. The normalized spacial score (nSPS) is 11.9. The van der Waals surface area contributed by atoms with Crippen molar-refractivity contribution in [2.24, 2.45) is 5.73 Å². The summed E-state index contributed by atoms with van der Waals surface area (Å²) in [5.41, 5.74) is 5.87. The van der Waals surface area contributed by atoms with Crippen LogP contribution >= 0.6 is 0 Å². The SMILES string of the molecule is CC[C@@H](N)C(=O)Nc1ccc(C(=O)O)nc1. The van der Waals surface area contributed by atoms with Crippen LogP contribution in [0.15, 0.2) is 18.3 Å². The molecular formula is C10H13N3O3. The van der Waals surface area contributed by atoms with Gasteiger partial charge in [-0.05, 0) is 18.6 Å². The Morgan fingerprint density at radius 2 is 2.25 bits per heavy atom. The van der Waals surface area contributed by atoms with Crippen molar-refractivity contribution in [2.45, 2.75) is 19.4 Å². The van der Waals surface area contributed by atoms with E-state index in [1.807, 2.05) is 0 Å². The summed E-state index contributed by atoms with van der Waals surface area (Å²) in [6, 6.07) is 2.21. The van der Waals surface area contributed by atoms with E-state index in [1.165, 1.54) is 18.3 Å². The summed E-state index contributed by atoms with van der Waals surface area (Å²) >= 11 is 0. The Bertz CT molecular complexity index is 389. The van der Waals surface area contributed by atoms with E-state index < -0.39 is 12.0 Å². The fourth-order valence-corrected chi connectivity index (χ4v) is 1.01. The number of nitrogens with two attached hydrogens (primary N) is 1. The molecule has 0 saturated heterocycles. The molecule has 1 rings (SSSR count). The lowest BCUT2D eigenvalue weighted by Crippen LogP contribution is -2.34. The van der Waals surface area contributed by atoms with Gasteiger partial charge >= 0.3 is 5.97 Å². The van der Waals surface area contributed by atoms with Gasteiger partial charge in [0, 0.05) is 0 Å². The smallest absolute Gasteiger partial charge is 0.354 e. The van der Waals surface area contributed by atoms with Crippen LogP contribution in [-0.2, 0) is 4.79 Å². The first kappa shape index (κ1) is 12.1. The van der Waals surface area contributed by atoms with Crippen LogP contribution in [0.5, 0.6) is 0 Å². The van der Waals surface area contributed by atoms with Crippen LogP contribution in [0.4, 0.5) is 5.69 Å². The van der Waals surface area contributed by atoms with Gasteiger partial charge in [-0.3, -0.25) is 4.79 Å². The van der Waals surface area contributed by atoms with Crippen LogP contribution in [-0.4, -0.2) is 28.0 Å². The number of carboxylic acids is 1. The number of hydrogen-bond acceptors (Lipinski definition) is 4. The maximum absolute atomic E-state index is 11.4. The first-order chi connectivity index (χ1) is 7.54. The predicted molar refractivity (Wildman–Crippen MR) is 58.1 cm³/mol. The number of nitrogens with one attached hydrogen (secondary N) is 1. The van der Waals surface area contributed by atoms with Crippen molar-refractivity contribution in [2.75, 3.05) is 5.32 Å². The minimum atomic E-state index is -1.11. The monoisotopic (exact) mass is 223 g/mol. The number of nitrogens with zero attached hydrogens (tertiary/aromatic N) is 1. The van der Waals surface area contributed by atoms with Crippen molar-refractivity contribution in [1.29, 1.82) is 0 Å². The maximum Gasteiger partial charge on any atom is 0.354 e. The van der Waals surface area contributed by atoms with Gasteiger partial charge in [0.05, 0.1) is 17.9 Å². The Balaban J connectivity index is 2.69. The highest BCUT2D eigenvalue weighted by Crippen LogP contribution is 2.06. The molecule has 1 atom stereocenters. The fourth-order valence-electron chi connectivity index (χ4n) is 1.01. The quantitative estimate of drug-likeness (QED) is 0.687. The minimum Gasteiger partial charge on any atom is -0.477 e. The summed E-state index contributed by atoms with van der Waals surface area (Å²) in [5, 5.41) is 11.2. The Labute approximate surface area is 92.5 Å². The molecule has 1 aromatic heterocycles. The zero-order chi connectivity index (χ0) is 12.1. The van der Waals surface area contributed by atoms with E-state index in [2.05, 4.69) is 10.3 Å². The number of pyridine rings is 1. The number of anilines is 1. The second kappa shape index (κ2) is 5.22. The molecule has 0 unspecified atom stereocenters. The highest BCUT2D eigenvalue weighted by Gasteiger charge is 2.11. The van der Waals surface area contributed by atoms with E-state index in [9.17, 15) is 9.59 Å². The molecular weight excluding hydrogens is 210 g/mol. The van der Waals surface area contributed by atoms with Crippen molar-refractivity contribution in [1.82, 2.24) is 4.98 Å². The third kappa shape index (κ3) is 3.03. The van der Waals surface area contributed by atoms with Gasteiger partial charge < -0.3 is 16.2 Å². The number of carboxylic acid groups (broad SMARTS) is 1. The van der Waals surface area contributed by atoms with Crippen molar-refractivity contribution in [3.8, 4) is 0 Å². The number of amides is 1. The standard InChI is InChI=1S/C10H13N3O3/c1-2-7(11)9(14)13-6-3-4-8(10(15)16)12-5-6/h3-5,7H,2,11H2,1H3,(H,13,14)(H,15,16)/t7-/m1/s1. The highest BCUT2D eigenvalue weighted by molar-refractivity contribution is 5.94. The van der Waals surface area contributed by atoms with Gasteiger partial charge in [0.2, 0.25) is 5.91 Å². The number of aromatic carboxylic acids is 1. The number of carbonyl (C=O) groups excluding carboxylic acids is 1. The van der Waals surface area contributed by atoms with E-state index >= 15 is 0 Å². The zero-order valence-corrected chi connectivity index (χ0v) is 8.80. The third-order valence-electron chi connectivity index (χ3n) is 2.03.